The first kappa shape index (κ1) is 14.0. The van der Waals surface area contributed by atoms with Gasteiger partial charge in [0, 0.05) is 12.3 Å². The van der Waals surface area contributed by atoms with Crippen molar-refractivity contribution in [2.24, 2.45) is 11.7 Å². The number of hydrogen-bond acceptors (Lipinski definition) is 5. The lowest BCUT2D eigenvalue weighted by Crippen LogP contribution is -2.32. The molecular formula is C10H18N4O2S. The van der Waals surface area contributed by atoms with Crippen LogP contribution in [-0.4, -0.2) is 37.6 Å². The predicted octanol–water partition coefficient (Wildman–Crippen LogP) is 0.579. The number of aliphatic carboxylic acids is 1. The summed E-state index contributed by atoms with van der Waals surface area (Å²) in [6.45, 7) is 5.04. The Labute approximate surface area is 105 Å². The normalized spacial score (nSPS) is 12.9. The average Bonchev–Trinajstić information content (AvgIpc) is 2.64. The number of nitrogens with zero attached hydrogens (tertiary/aromatic N) is 3. The van der Waals surface area contributed by atoms with Gasteiger partial charge in [-0.25, -0.2) is 9.67 Å². The summed E-state index contributed by atoms with van der Waals surface area (Å²) in [7, 11) is 0. The molecule has 0 radical (unpaired) electrons. The fourth-order valence-corrected chi connectivity index (χ4v) is 2.17. The molecule has 0 aliphatic carbocycles. The van der Waals surface area contributed by atoms with Crippen LogP contribution in [0.2, 0.25) is 0 Å². The number of carbonyl (C=O) groups is 1. The SMILES string of the molecule is CC(C)Cn1ncnc1CSC[C@@H](N)C(=O)O. The highest BCUT2D eigenvalue weighted by Crippen LogP contribution is 2.11. The topological polar surface area (TPSA) is 94.0 Å². The molecule has 0 unspecified atom stereocenters. The van der Waals surface area contributed by atoms with E-state index in [1.807, 2.05) is 4.68 Å². The van der Waals surface area contributed by atoms with E-state index in [4.69, 9.17) is 10.8 Å². The molecule has 0 aliphatic rings. The van der Waals surface area contributed by atoms with Crippen LogP contribution in [0.15, 0.2) is 6.33 Å². The highest BCUT2D eigenvalue weighted by molar-refractivity contribution is 7.98. The fourth-order valence-electron chi connectivity index (χ4n) is 1.25. The lowest BCUT2D eigenvalue weighted by atomic mass is 10.2. The summed E-state index contributed by atoms with van der Waals surface area (Å²) in [5.74, 6) is 1.40. The minimum Gasteiger partial charge on any atom is -0.480 e. The molecule has 1 aromatic rings. The molecule has 0 aliphatic heterocycles. The van der Waals surface area contributed by atoms with E-state index in [9.17, 15) is 4.79 Å². The Morgan fingerprint density at radius 1 is 1.65 bits per heavy atom. The fraction of sp³-hybridized carbons (Fsp3) is 0.700. The minimum atomic E-state index is -0.971. The third-order valence-electron chi connectivity index (χ3n) is 2.08. The van der Waals surface area contributed by atoms with Gasteiger partial charge in [-0.05, 0) is 5.92 Å². The number of carboxylic acid groups (broad SMARTS) is 1. The van der Waals surface area contributed by atoms with Crippen LogP contribution in [-0.2, 0) is 17.1 Å². The monoisotopic (exact) mass is 258 g/mol. The lowest BCUT2D eigenvalue weighted by molar-refractivity contribution is -0.137. The first-order valence-electron chi connectivity index (χ1n) is 5.43. The van der Waals surface area contributed by atoms with E-state index >= 15 is 0 Å². The Morgan fingerprint density at radius 3 is 2.94 bits per heavy atom. The van der Waals surface area contributed by atoms with Crippen LogP contribution in [0.25, 0.3) is 0 Å². The highest BCUT2D eigenvalue weighted by Gasteiger charge is 2.12. The maximum atomic E-state index is 10.5. The van der Waals surface area contributed by atoms with E-state index in [1.54, 1.807) is 0 Å². The zero-order valence-corrected chi connectivity index (χ0v) is 10.9. The Morgan fingerprint density at radius 2 is 2.35 bits per heavy atom. The number of thioether (sulfide) groups is 1. The van der Waals surface area contributed by atoms with Gasteiger partial charge in [-0.1, -0.05) is 13.8 Å². The molecule has 7 heteroatoms. The van der Waals surface area contributed by atoms with Gasteiger partial charge in [-0.15, -0.1) is 0 Å². The molecule has 0 spiro atoms. The van der Waals surface area contributed by atoms with E-state index < -0.39 is 12.0 Å². The van der Waals surface area contributed by atoms with E-state index in [1.165, 1.54) is 18.1 Å². The second-order valence-electron chi connectivity index (χ2n) is 4.21. The molecular weight excluding hydrogens is 240 g/mol. The Kier molecular flexibility index (Phi) is 5.43. The molecule has 3 N–H and O–H groups in total. The standard InChI is InChI=1S/C10H18N4O2S/c1-7(2)3-14-9(12-6-13-14)5-17-4-8(11)10(15)16/h6-8H,3-5,11H2,1-2H3,(H,15,16)/t8-/m1/s1. The molecule has 6 nitrogen and oxygen atoms in total. The molecule has 1 atom stereocenters. The third-order valence-corrected chi connectivity index (χ3v) is 3.14. The van der Waals surface area contributed by atoms with Crippen LogP contribution in [0.1, 0.15) is 19.7 Å². The van der Waals surface area contributed by atoms with Gasteiger partial charge in [0.1, 0.15) is 18.2 Å². The van der Waals surface area contributed by atoms with Gasteiger partial charge in [0.05, 0.1) is 5.75 Å². The summed E-state index contributed by atoms with van der Waals surface area (Å²) in [6, 6.07) is -0.818. The number of nitrogens with two attached hydrogens (primary N) is 1. The van der Waals surface area contributed by atoms with E-state index in [2.05, 4.69) is 23.9 Å². The molecule has 1 aromatic heterocycles. The van der Waals surface area contributed by atoms with Gasteiger partial charge < -0.3 is 10.8 Å². The summed E-state index contributed by atoms with van der Waals surface area (Å²) < 4.78 is 1.85. The number of rotatable bonds is 7. The summed E-state index contributed by atoms with van der Waals surface area (Å²) >= 11 is 1.46. The third kappa shape index (κ3) is 4.74. The molecule has 0 aromatic carbocycles. The van der Waals surface area contributed by atoms with Crippen molar-refractivity contribution in [2.45, 2.75) is 32.2 Å². The molecule has 0 saturated carbocycles. The number of hydrogen-bond donors (Lipinski definition) is 2. The van der Waals surface area contributed by atoms with Crippen LogP contribution in [0.5, 0.6) is 0 Å². The second-order valence-corrected chi connectivity index (χ2v) is 5.24. The van der Waals surface area contributed by atoms with Crippen molar-refractivity contribution in [2.75, 3.05) is 5.75 Å². The van der Waals surface area contributed by atoms with Crippen molar-refractivity contribution in [1.82, 2.24) is 14.8 Å². The predicted molar refractivity (Wildman–Crippen MR) is 66.6 cm³/mol. The molecule has 0 saturated heterocycles. The van der Waals surface area contributed by atoms with Crippen molar-refractivity contribution in [1.29, 1.82) is 0 Å². The summed E-state index contributed by atoms with van der Waals surface area (Å²) in [5, 5.41) is 12.8. The van der Waals surface area contributed by atoms with Crippen molar-refractivity contribution < 1.29 is 9.90 Å². The van der Waals surface area contributed by atoms with Gasteiger partial charge >= 0.3 is 5.97 Å². The zero-order valence-electron chi connectivity index (χ0n) is 10.0. The van der Waals surface area contributed by atoms with Crippen LogP contribution in [0.3, 0.4) is 0 Å². The number of aromatic nitrogens is 3. The van der Waals surface area contributed by atoms with Crippen LogP contribution < -0.4 is 5.73 Å². The molecule has 17 heavy (non-hydrogen) atoms. The van der Waals surface area contributed by atoms with E-state index in [0.717, 1.165) is 12.4 Å². The largest absolute Gasteiger partial charge is 0.480 e. The summed E-state index contributed by atoms with van der Waals surface area (Å²) in [4.78, 5) is 14.7. The minimum absolute atomic E-state index is 0.379. The Hall–Kier alpha value is -1.08. The van der Waals surface area contributed by atoms with Crippen LogP contribution in [0, 0.1) is 5.92 Å². The molecule has 1 rings (SSSR count). The quantitative estimate of drug-likeness (QED) is 0.743. The van der Waals surface area contributed by atoms with Gasteiger partial charge in [-0.2, -0.15) is 16.9 Å². The summed E-state index contributed by atoms with van der Waals surface area (Å²) in [5.41, 5.74) is 5.41. The van der Waals surface area contributed by atoms with Gasteiger partial charge in [0.25, 0.3) is 0 Å². The Bertz CT molecular complexity index is 367. The summed E-state index contributed by atoms with van der Waals surface area (Å²) in [6.07, 6.45) is 1.52. The smallest absolute Gasteiger partial charge is 0.321 e. The molecule has 96 valence electrons. The van der Waals surface area contributed by atoms with Gasteiger partial charge in [-0.3, -0.25) is 4.79 Å². The van der Waals surface area contributed by atoms with Crippen molar-refractivity contribution in [3.05, 3.63) is 12.2 Å². The van der Waals surface area contributed by atoms with Gasteiger partial charge in [0.15, 0.2) is 0 Å². The first-order chi connectivity index (χ1) is 8.00. The second kappa shape index (κ2) is 6.61. The molecule has 0 amide bonds. The maximum absolute atomic E-state index is 10.5. The van der Waals surface area contributed by atoms with Crippen molar-refractivity contribution in [3.8, 4) is 0 Å². The molecule has 1 heterocycles. The van der Waals surface area contributed by atoms with E-state index in [-0.39, 0.29) is 0 Å². The highest BCUT2D eigenvalue weighted by atomic mass is 32.2. The molecule has 0 fully saturated rings. The average molecular weight is 258 g/mol. The lowest BCUT2D eigenvalue weighted by Gasteiger charge is -2.09. The van der Waals surface area contributed by atoms with Crippen LogP contribution in [0.4, 0.5) is 0 Å². The number of carboxylic acids is 1. The van der Waals surface area contributed by atoms with Crippen molar-refractivity contribution >= 4 is 17.7 Å². The van der Waals surface area contributed by atoms with Crippen LogP contribution >= 0.6 is 11.8 Å². The van der Waals surface area contributed by atoms with E-state index in [0.29, 0.717) is 17.4 Å². The van der Waals surface area contributed by atoms with Gasteiger partial charge in [0.2, 0.25) is 0 Å². The first-order valence-corrected chi connectivity index (χ1v) is 6.59. The maximum Gasteiger partial charge on any atom is 0.321 e. The zero-order chi connectivity index (χ0) is 12.8. The molecule has 0 bridgehead atoms. The Balaban J connectivity index is 2.41. The van der Waals surface area contributed by atoms with Crippen molar-refractivity contribution in [3.63, 3.8) is 0 Å².